The summed E-state index contributed by atoms with van der Waals surface area (Å²) in [5, 5.41) is 13.6. The second kappa shape index (κ2) is 7.56. The van der Waals surface area contributed by atoms with Gasteiger partial charge in [0.25, 0.3) is 23.4 Å². The van der Waals surface area contributed by atoms with Crippen molar-refractivity contribution >= 4 is 35.0 Å². The van der Waals surface area contributed by atoms with Gasteiger partial charge in [-0.3, -0.25) is 24.5 Å². The molecule has 2 bridgehead atoms. The van der Waals surface area contributed by atoms with Crippen molar-refractivity contribution in [2.45, 2.75) is 13.0 Å². The molecule has 1 heterocycles. The number of allylic oxidation sites excluding steroid dienone is 2. The van der Waals surface area contributed by atoms with Crippen molar-refractivity contribution < 1.29 is 19.3 Å². The van der Waals surface area contributed by atoms with Crippen molar-refractivity contribution in [2.24, 2.45) is 23.7 Å². The van der Waals surface area contributed by atoms with Gasteiger partial charge in [-0.2, -0.15) is 5.01 Å². The smallest absolute Gasteiger partial charge is 0.272 e. The number of nitrogens with zero attached hydrogens (tertiary/aromatic N) is 3. The Morgan fingerprint density at radius 3 is 2.09 bits per heavy atom. The Hall–Kier alpha value is -3.52. The normalized spacial score (nSPS) is 25.3. The molecule has 2 fully saturated rings. The highest BCUT2D eigenvalue weighted by Gasteiger charge is 2.61. The topological polar surface area (TPSA) is 101 Å². The molecule has 1 saturated carbocycles. The summed E-state index contributed by atoms with van der Waals surface area (Å²) >= 11 is 5.96. The van der Waals surface area contributed by atoms with Crippen LogP contribution in [0.3, 0.4) is 0 Å². The number of hydrogen-bond acceptors (Lipinski definition) is 5. The van der Waals surface area contributed by atoms with Crippen molar-refractivity contribution in [1.29, 1.82) is 0 Å². The first-order valence-corrected chi connectivity index (χ1v) is 10.6. The van der Waals surface area contributed by atoms with Crippen molar-refractivity contribution in [2.75, 3.05) is 0 Å². The predicted molar refractivity (Wildman–Crippen MR) is 114 cm³/mol. The number of hydrazine groups is 1. The molecule has 2 aromatic rings. The van der Waals surface area contributed by atoms with Gasteiger partial charge in [0, 0.05) is 22.7 Å². The number of rotatable bonds is 5. The van der Waals surface area contributed by atoms with Gasteiger partial charge in [-0.25, -0.2) is 5.01 Å². The lowest BCUT2D eigenvalue weighted by Crippen LogP contribution is -2.50. The van der Waals surface area contributed by atoms with E-state index in [1.54, 1.807) is 24.3 Å². The van der Waals surface area contributed by atoms with E-state index in [1.807, 2.05) is 12.2 Å². The first-order chi connectivity index (χ1) is 15.3. The molecule has 0 aromatic heterocycles. The number of imide groups is 1. The molecule has 0 unspecified atom stereocenters. The van der Waals surface area contributed by atoms with Gasteiger partial charge < -0.3 is 0 Å². The highest BCUT2D eigenvalue weighted by atomic mass is 35.5. The van der Waals surface area contributed by atoms with E-state index in [4.69, 9.17) is 11.6 Å². The maximum Gasteiger partial charge on any atom is 0.273 e. The van der Waals surface area contributed by atoms with Crippen LogP contribution in [-0.2, 0) is 16.1 Å². The van der Waals surface area contributed by atoms with Crippen molar-refractivity contribution in [1.82, 2.24) is 10.0 Å². The van der Waals surface area contributed by atoms with Gasteiger partial charge in [-0.05, 0) is 48.1 Å². The predicted octanol–water partition coefficient (Wildman–Crippen LogP) is 3.61. The lowest BCUT2D eigenvalue weighted by molar-refractivity contribution is -0.384. The molecule has 8 nitrogen and oxygen atoms in total. The van der Waals surface area contributed by atoms with Crippen LogP contribution in [0.15, 0.2) is 60.7 Å². The molecule has 5 rings (SSSR count). The number of carbonyl (C=O) groups excluding carboxylic acids is 3. The molecule has 32 heavy (non-hydrogen) atoms. The van der Waals surface area contributed by atoms with E-state index in [0.717, 1.165) is 16.4 Å². The fourth-order valence-corrected chi connectivity index (χ4v) is 5.12. The Morgan fingerprint density at radius 2 is 1.56 bits per heavy atom. The Balaban J connectivity index is 1.50. The van der Waals surface area contributed by atoms with Crippen LogP contribution in [0.2, 0.25) is 5.02 Å². The quantitative estimate of drug-likeness (QED) is 0.299. The third-order valence-electron chi connectivity index (χ3n) is 6.49. The Bertz CT molecular complexity index is 1130. The summed E-state index contributed by atoms with van der Waals surface area (Å²) in [6.07, 6.45) is 4.76. The summed E-state index contributed by atoms with van der Waals surface area (Å²) in [5.74, 6) is -2.21. The minimum Gasteiger partial charge on any atom is -0.272 e. The standard InChI is InChI=1S/C23H18ClN3O5/c24-17-7-1-13(2-8-17)12-25(21(28)14-5-9-18(10-6-14)27(31)32)26-22(29)19-15-3-4-16(11-15)20(19)23(26)30/h1-10,15-16,19-20H,11-12H2/t15-,16-,19-,20+/m0/s1. The molecule has 2 aliphatic carbocycles. The summed E-state index contributed by atoms with van der Waals surface area (Å²) < 4.78 is 0. The lowest BCUT2D eigenvalue weighted by atomic mass is 9.85. The lowest BCUT2D eigenvalue weighted by Gasteiger charge is -2.31. The van der Waals surface area contributed by atoms with Gasteiger partial charge in [0.05, 0.1) is 23.3 Å². The zero-order chi connectivity index (χ0) is 22.6. The van der Waals surface area contributed by atoms with Crippen molar-refractivity contribution in [3.05, 3.63) is 86.9 Å². The fraction of sp³-hybridized carbons (Fsp3) is 0.261. The molecule has 2 aromatic carbocycles. The highest BCUT2D eigenvalue weighted by molar-refractivity contribution is 6.30. The summed E-state index contributed by atoms with van der Waals surface area (Å²) in [6.45, 7) is -0.0212. The minimum atomic E-state index is -0.586. The highest BCUT2D eigenvalue weighted by Crippen LogP contribution is 2.52. The van der Waals surface area contributed by atoms with Crippen LogP contribution in [0.25, 0.3) is 0 Å². The van der Waals surface area contributed by atoms with Gasteiger partial charge in [-0.15, -0.1) is 0 Å². The first-order valence-electron chi connectivity index (χ1n) is 10.2. The monoisotopic (exact) mass is 451 g/mol. The van der Waals surface area contributed by atoms with Crippen molar-refractivity contribution in [3.63, 3.8) is 0 Å². The second-order valence-electron chi connectivity index (χ2n) is 8.28. The number of halogens is 1. The maximum absolute atomic E-state index is 13.4. The fourth-order valence-electron chi connectivity index (χ4n) is 5.00. The number of non-ortho nitro benzene ring substituents is 1. The first kappa shape index (κ1) is 20.4. The van der Waals surface area contributed by atoms with E-state index in [-0.39, 0.29) is 41.4 Å². The molecule has 1 saturated heterocycles. The summed E-state index contributed by atoms with van der Waals surface area (Å²) in [4.78, 5) is 50.5. The van der Waals surface area contributed by atoms with Gasteiger partial charge in [0.2, 0.25) is 0 Å². The van der Waals surface area contributed by atoms with E-state index in [9.17, 15) is 24.5 Å². The Morgan fingerprint density at radius 1 is 1.00 bits per heavy atom. The van der Waals surface area contributed by atoms with E-state index in [0.29, 0.717) is 10.6 Å². The summed E-state index contributed by atoms with van der Waals surface area (Å²) in [7, 11) is 0. The van der Waals surface area contributed by atoms with Crippen LogP contribution >= 0.6 is 11.6 Å². The van der Waals surface area contributed by atoms with Gasteiger partial charge in [-0.1, -0.05) is 35.9 Å². The van der Waals surface area contributed by atoms with Gasteiger partial charge in [0.15, 0.2) is 0 Å². The summed E-state index contributed by atoms with van der Waals surface area (Å²) in [6, 6.07) is 11.9. The molecular formula is C23H18ClN3O5. The van der Waals surface area contributed by atoms with E-state index in [2.05, 4.69) is 0 Å². The Kier molecular flexibility index (Phi) is 4.82. The van der Waals surface area contributed by atoms with Gasteiger partial charge >= 0.3 is 0 Å². The van der Waals surface area contributed by atoms with Crippen LogP contribution in [-0.4, -0.2) is 32.7 Å². The molecule has 1 aliphatic heterocycles. The molecule has 3 aliphatic rings. The molecule has 9 heteroatoms. The van der Waals surface area contributed by atoms with E-state index < -0.39 is 22.7 Å². The average molecular weight is 452 g/mol. The summed E-state index contributed by atoms with van der Waals surface area (Å²) in [5.41, 5.74) is 0.669. The van der Waals surface area contributed by atoms with Crippen LogP contribution < -0.4 is 0 Å². The van der Waals surface area contributed by atoms with E-state index >= 15 is 0 Å². The maximum atomic E-state index is 13.4. The molecule has 0 spiro atoms. The molecule has 4 atom stereocenters. The molecule has 3 amide bonds. The number of benzene rings is 2. The zero-order valence-corrected chi connectivity index (χ0v) is 17.5. The van der Waals surface area contributed by atoms with Crippen molar-refractivity contribution in [3.8, 4) is 0 Å². The largest absolute Gasteiger partial charge is 0.273 e. The molecular weight excluding hydrogens is 434 g/mol. The molecule has 0 N–H and O–H groups in total. The Labute approximate surface area is 188 Å². The number of fused-ring (bicyclic) bond motifs is 5. The van der Waals surface area contributed by atoms with Crippen LogP contribution in [0.4, 0.5) is 5.69 Å². The van der Waals surface area contributed by atoms with Crippen LogP contribution in [0.5, 0.6) is 0 Å². The third kappa shape index (κ3) is 3.18. The second-order valence-corrected chi connectivity index (χ2v) is 8.72. The third-order valence-corrected chi connectivity index (χ3v) is 6.75. The number of hydrogen-bond donors (Lipinski definition) is 0. The number of carbonyl (C=O) groups is 3. The number of nitro groups is 1. The minimum absolute atomic E-state index is 0.0123. The average Bonchev–Trinajstić information content (AvgIpc) is 3.47. The number of nitro benzene ring substituents is 1. The SMILES string of the molecule is O=C(c1ccc([N+](=O)[O-])cc1)N(Cc1ccc(Cl)cc1)N1C(=O)[C@@H]2[C@H](C1=O)[C@H]1C=C[C@H]2C1. The van der Waals surface area contributed by atoms with Gasteiger partial charge in [0.1, 0.15) is 0 Å². The molecule has 162 valence electrons. The number of amides is 3. The van der Waals surface area contributed by atoms with E-state index in [1.165, 1.54) is 24.3 Å². The molecule has 0 radical (unpaired) electrons. The van der Waals surface area contributed by atoms with Crippen LogP contribution in [0.1, 0.15) is 22.3 Å². The van der Waals surface area contributed by atoms with Crippen LogP contribution in [0, 0.1) is 33.8 Å². The zero-order valence-electron chi connectivity index (χ0n) is 16.8.